The number of ether oxygens (including phenoxy) is 1. The lowest BCUT2D eigenvalue weighted by molar-refractivity contribution is 0.0777. The first kappa shape index (κ1) is 12.1. The van der Waals surface area contributed by atoms with Gasteiger partial charge in [0.2, 0.25) is 5.88 Å². The van der Waals surface area contributed by atoms with Gasteiger partial charge in [-0.05, 0) is 12.1 Å². The summed E-state index contributed by atoms with van der Waals surface area (Å²) in [7, 11) is 3.20. The number of hydrogen-bond donors (Lipinski definition) is 1. The fourth-order valence-corrected chi connectivity index (χ4v) is 1.60. The molecule has 0 radical (unpaired) electrons. The first-order chi connectivity index (χ1) is 8.72. The number of hydrogen-bond acceptors (Lipinski definition) is 4. The highest BCUT2D eigenvalue weighted by molar-refractivity contribution is 5.96. The van der Waals surface area contributed by atoms with Gasteiger partial charge >= 0.3 is 0 Å². The van der Waals surface area contributed by atoms with Gasteiger partial charge in [-0.1, -0.05) is 0 Å². The van der Waals surface area contributed by atoms with Crippen molar-refractivity contribution in [2.75, 3.05) is 14.2 Å². The Balaban J connectivity index is 2.15. The lowest BCUT2D eigenvalue weighted by Gasteiger charge is -2.16. The van der Waals surface area contributed by atoms with Crippen LogP contribution in [0.5, 0.6) is 5.88 Å². The Kier molecular flexibility index (Phi) is 3.57. The molecule has 0 fully saturated rings. The molecule has 0 saturated heterocycles. The van der Waals surface area contributed by atoms with E-state index < -0.39 is 0 Å². The Bertz CT molecular complexity index is 525. The molecule has 18 heavy (non-hydrogen) atoms. The van der Waals surface area contributed by atoms with Crippen molar-refractivity contribution in [2.45, 2.75) is 6.54 Å². The largest absolute Gasteiger partial charge is 0.480 e. The second kappa shape index (κ2) is 5.31. The standard InChI is InChI=1S/C12H14N4O2/c1-16(8-10-13-6-7-14-10)12(17)9-4-3-5-15-11(9)18-2/h3-7H,8H2,1-2H3,(H,13,14). The summed E-state index contributed by atoms with van der Waals surface area (Å²) in [4.78, 5) is 24.8. The highest BCUT2D eigenvalue weighted by Crippen LogP contribution is 2.16. The van der Waals surface area contributed by atoms with Crippen LogP contribution in [0.3, 0.4) is 0 Å². The van der Waals surface area contributed by atoms with Crippen molar-refractivity contribution in [3.63, 3.8) is 0 Å². The van der Waals surface area contributed by atoms with Crippen LogP contribution in [-0.2, 0) is 6.54 Å². The second-order valence-electron chi connectivity index (χ2n) is 3.76. The molecule has 0 aliphatic carbocycles. The van der Waals surface area contributed by atoms with Gasteiger partial charge < -0.3 is 14.6 Å². The maximum Gasteiger partial charge on any atom is 0.259 e. The number of aromatic amines is 1. The molecule has 0 aromatic carbocycles. The molecule has 6 nitrogen and oxygen atoms in total. The van der Waals surface area contributed by atoms with Crippen molar-refractivity contribution in [1.29, 1.82) is 0 Å². The molecule has 94 valence electrons. The number of pyridine rings is 1. The fourth-order valence-electron chi connectivity index (χ4n) is 1.60. The normalized spacial score (nSPS) is 10.1. The molecular formula is C12H14N4O2. The summed E-state index contributed by atoms with van der Waals surface area (Å²) in [5, 5.41) is 0. The lowest BCUT2D eigenvalue weighted by atomic mass is 10.2. The SMILES string of the molecule is COc1ncccc1C(=O)N(C)Cc1ncc[nH]1. The van der Waals surface area contributed by atoms with Crippen LogP contribution in [0.4, 0.5) is 0 Å². The lowest BCUT2D eigenvalue weighted by Crippen LogP contribution is -2.27. The van der Waals surface area contributed by atoms with Crippen LogP contribution in [0.15, 0.2) is 30.7 Å². The number of imidazole rings is 1. The van der Waals surface area contributed by atoms with Crippen LogP contribution in [0.2, 0.25) is 0 Å². The third-order valence-corrected chi connectivity index (χ3v) is 2.48. The van der Waals surface area contributed by atoms with Gasteiger partial charge in [0.15, 0.2) is 0 Å². The first-order valence-electron chi connectivity index (χ1n) is 5.45. The molecule has 0 bridgehead atoms. The average Bonchev–Trinajstić information content (AvgIpc) is 2.90. The highest BCUT2D eigenvalue weighted by Gasteiger charge is 2.17. The Hall–Kier alpha value is -2.37. The van der Waals surface area contributed by atoms with Crippen molar-refractivity contribution in [3.8, 4) is 5.88 Å². The monoisotopic (exact) mass is 246 g/mol. The number of aromatic nitrogens is 3. The van der Waals surface area contributed by atoms with E-state index in [2.05, 4.69) is 15.0 Å². The van der Waals surface area contributed by atoms with E-state index >= 15 is 0 Å². The third kappa shape index (κ3) is 2.48. The molecule has 0 aliphatic heterocycles. The Morgan fingerprint density at radius 2 is 2.28 bits per heavy atom. The minimum absolute atomic E-state index is 0.156. The summed E-state index contributed by atoms with van der Waals surface area (Å²) in [6.07, 6.45) is 4.96. The maximum atomic E-state index is 12.2. The van der Waals surface area contributed by atoms with Crippen LogP contribution >= 0.6 is 0 Å². The van der Waals surface area contributed by atoms with Crippen molar-refractivity contribution >= 4 is 5.91 Å². The smallest absolute Gasteiger partial charge is 0.259 e. The molecule has 0 aliphatic rings. The number of H-pyrrole nitrogens is 1. The van der Waals surface area contributed by atoms with E-state index in [4.69, 9.17) is 4.74 Å². The van der Waals surface area contributed by atoms with E-state index in [1.165, 1.54) is 7.11 Å². The van der Waals surface area contributed by atoms with E-state index in [0.29, 0.717) is 18.0 Å². The van der Waals surface area contributed by atoms with Gasteiger partial charge in [-0.25, -0.2) is 9.97 Å². The summed E-state index contributed by atoms with van der Waals surface area (Å²) < 4.78 is 5.07. The van der Waals surface area contributed by atoms with Gasteiger partial charge in [-0.3, -0.25) is 4.79 Å². The van der Waals surface area contributed by atoms with E-state index in [0.717, 1.165) is 5.82 Å². The van der Waals surface area contributed by atoms with Crippen molar-refractivity contribution in [2.24, 2.45) is 0 Å². The van der Waals surface area contributed by atoms with Crippen LogP contribution in [0.25, 0.3) is 0 Å². The summed E-state index contributed by atoms with van der Waals surface area (Å²) in [5.41, 5.74) is 0.439. The molecule has 0 saturated carbocycles. The van der Waals surface area contributed by atoms with E-state index in [9.17, 15) is 4.79 Å². The van der Waals surface area contributed by atoms with Crippen LogP contribution < -0.4 is 4.74 Å². The maximum absolute atomic E-state index is 12.2. The third-order valence-electron chi connectivity index (χ3n) is 2.48. The van der Waals surface area contributed by atoms with Gasteiger partial charge in [0, 0.05) is 25.6 Å². The number of carbonyl (C=O) groups is 1. The summed E-state index contributed by atoms with van der Waals surface area (Å²) in [6.45, 7) is 0.407. The highest BCUT2D eigenvalue weighted by atomic mass is 16.5. The number of methoxy groups -OCH3 is 1. The zero-order valence-electron chi connectivity index (χ0n) is 10.3. The van der Waals surface area contributed by atoms with Crippen molar-refractivity contribution < 1.29 is 9.53 Å². The molecule has 2 rings (SSSR count). The molecule has 2 aromatic rings. The topological polar surface area (TPSA) is 71.1 Å². The van der Waals surface area contributed by atoms with Crippen molar-refractivity contribution in [3.05, 3.63) is 42.1 Å². The number of nitrogens with zero attached hydrogens (tertiary/aromatic N) is 3. The number of rotatable bonds is 4. The number of amides is 1. The van der Waals surface area contributed by atoms with Crippen LogP contribution in [0.1, 0.15) is 16.2 Å². The molecule has 2 aromatic heterocycles. The number of carbonyl (C=O) groups excluding carboxylic acids is 1. The van der Waals surface area contributed by atoms with Crippen molar-refractivity contribution in [1.82, 2.24) is 19.9 Å². The first-order valence-corrected chi connectivity index (χ1v) is 5.45. The van der Waals surface area contributed by atoms with Crippen LogP contribution in [-0.4, -0.2) is 39.9 Å². The zero-order valence-corrected chi connectivity index (χ0v) is 10.3. The van der Waals surface area contributed by atoms with E-state index in [1.54, 1.807) is 42.7 Å². The van der Waals surface area contributed by atoms with Gasteiger partial charge in [-0.2, -0.15) is 0 Å². The number of nitrogens with one attached hydrogen (secondary N) is 1. The molecule has 6 heteroatoms. The minimum Gasteiger partial charge on any atom is -0.480 e. The second-order valence-corrected chi connectivity index (χ2v) is 3.76. The predicted molar refractivity (Wildman–Crippen MR) is 65.2 cm³/mol. The molecule has 1 N–H and O–H groups in total. The summed E-state index contributed by atoms with van der Waals surface area (Å²) >= 11 is 0. The molecule has 2 heterocycles. The van der Waals surface area contributed by atoms with Gasteiger partial charge in [0.1, 0.15) is 11.4 Å². The average molecular weight is 246 g/mol. The van der Waals surface area contributed by atoms with Crippen LogP contribution in [0, 0.1) is 0 Å². The molecule has 0 atom stereocenters. The summed E-state index contributed by atoms with van der Waals surface area (Å²) in [6, 6.07) is 3.39. The van der Waals surface area contributed by atoms with Gasteiger partial charge in [-0.15, -0.1) is 0 Å². The van der Waals surface area contributed by atoms with Gasteiger partial charge in [0.05, 0.1) is 13.7 Å². The molecular weight excluding hydrogens is 232 g/mol. The Morgan fingerprint density at radius 1 is 1.44 bits per heavy atom. The predicted octanol–water partition coefficient (Wildman–Crippen LogP) is 1.09. The zero-order chi connectivity index (χ0) is 13.0. The molecule has 1 amide bonds. The fraction of sp³-hybridized carbons (Fsp3) is 0.250. The quantitative estimate of drug-likeness (QED) is 0.876. The van der Waals surface area contributed by atoms with E-state index in [-0.39, 0.29) is 5.91 Å². The molecule has 0 spiro atoms. The van der Waals surface area contributed by atoms with E-state index in [1.807, 2.05) is 0 Å². The minimum atomic E-state index is -0.156. The molecule has 0 unspecified atom stereocenters. The summed E-state index contributed by atoms with van der Waals surface area (Å²) in [5.74, 6) is 0.902. The Morgan fingerprint density at radius 3 is 2.94 bits per heavy atom. The van der Waals surface area contributed by atoms with Gasteiger partial charge in [0.25, 0.3) is 5.91 Å². The Labute approximate surface area is 105 Å².